The lowest BCUT2D eigenvalue weighted by Crippen LogP contribution is -2.13. The first-order valence-electron chi connectivity index (χ1n) is 16.0. The molecule has 218 valence electrons. The first kappa shape index (κ1) is 27.2. The Bertz CT molecular complexity index is 2030. The molecule has 0 radical (unpaired) electrons. The number of benzene rings is 6. The number of para-hydroxylation sites is 3. The lowest BCUT2D eigenvalue weighted by atomic mass is 9.81. The van der Waals surface area contributed by atoms with E-state index in [1.165, 1.54) is 53.5 Å². The lowest BCUT2D eigenvalue weighted by Gasteiger charge is -2.25. The van der Waals surface area contributed by atoms with E-state index in [0.717, 1.165) is 45.4 Å². The minimum Gasteiger partial charge on any atom is -0.356 e. The topological polar surface area (TPSA) is 29.9 Å². The number of nitrogens with one attached hydrogen (secondary N) is 1. The summed E-state index contributed by atoms with van der Waals surface area (Å²) in [5, 5.41) is 3.55. The summed E-state index contributed by atoms with van der Waals surface area (Å²) in [5.41, 5.74) is 12.8. The average molecular weight is 582 g/mol. The van der Waals surface area contributed by atoms with E-state index in [2.05, 4.69) is 149 Å². The van der Waals surface area contributed by atoms with Gasteiger partial charge in [-0.1, -0.05) is 122 Å². The molecular weight excluding hydrogens is 546 g/mol. The number of hydrogen-bond acceptors (Lipinski definition) is 2. The van der Waals surface area contributed by atoms with Crippen molar-refractivity contribution in [3.63, 3.8) is 0 Å². The molecule has 0 spiro atoms. The highest BCUT2D eigenvalue weighted by Gasteiger charge is 2.17. The Morgan fingerprint density at radius 2 is 1.04 bits per heavy atom. The smallest absolute Gasteiger partial charge is 0.145 e. The predicted octanol–water partition coefficient (Wildman–Crippen LogP) is 11.1. The van der Waals surface area contributed by atoms with E-state index < -0.39 is 0 Å². The highest BCUT2D eigenvalue weighted by atomic mass is 15.1. The molecule has 0 atom stereocenters. The van der Waals surface area contributed by atoms with Crippen LogP contribution in [0.3, 0.4) is 0 Å². The fourth-order valence-corrected chi connectivity index (χ4v) is 6.39. The van der Waals surface area contributed by atoms with Crippen LogP contribution in [0, 0.1) is 5.92 Å². The fourth-order valence-electron chi connectivity index (χ4n) is 6.39. The fraction of sp³-hybridized carbons (Fsp3) is 0.119. The van der Waals surface area contributed by atoms with Crippen LogP contribution in [0.5, 0.6) is 0 Å². The van der Waals surface area contributed by atoms with Crippen molar-refractivity contribution in [2.24, 2.45) is 5.92 Å². The van der Waals surface area contributed by atoms with Gasteiger partial charge in [-0.25, -0.2) is 4.98 Å². The minimum atomic E-state index is 0.897. The number of rotatable bonds is 8. The van der Waals surface area contributed by atoms with Gasteiger partial charge in [-0.2, -0.15) is 0 Å². The Kier molecular flexibility index (Phi) is 7.20. The second-order valence-electron chi connectivity index (χ2n) is 12.2. The molecule has 1 saturated carbocycles. The van der Waals surface area contributed by atoms with Crippen molar-refractivity contribution in [3.05, 3.63) is 157 Å². The van der Waals surface area contributed by atoms with Crippen LogP contribution in [0.25, 0.3) is 50.4 Å². The van der Waals surface area contributed by atoms with Gasteiger partial charge in [-0.15, -0.1) is 0 Å². The quantitative estimate of drug-likeness (QED) is 0.193. The number of aromatic nitrogens is 2. The number of fused-ring (bicyclic) bond motifs is 1. The third kappa shape index (κ3) is 5.65. The molecule has 3 heteroatoms. The maximum absolute atomic E-state index is 5.01. The number of hydrogen-bond donors (Lipinski definition) is 1. The molecule has 45 heavy (non-hydrogen) atoms. The van der Waals surface area contributed by atoms with Gasteiger partial charge in [0.15, 0.2) is 0 Å². The zero-order valence-electron chi connectivity index (χ0n) is 25.2. The van der Waals surface area contributed by atoms with Crippen molar-refractivity contribution >= 4 is 22.4 Å². The summed E-state index contributed by atoms with van der Waals surface area (Å²) < 4.78 is 2.24. The van der Waals surface area contributed by atoms with Gasteiger partial charge in [0.25, 0.3) is 0 Å². The van der Waals surface area contributed by atoms with Gasteiger partial charge in [0.05, 0.1) is 11.0 Å². The number of anilines is 2. The van der Waals surface area contributed by atoms with E-state index in [9.17, 15) is 0 Å². The predicted molar refractivity (Wildman–Crippen MR) is 188 cm³/mol. The second-order valence-corrected chi connectivity index (χ2v) is 12.2. The zero-order valence-corrected chi connectivity index (χ0v) is 25.2. The summed E-state index contributed by atoms with van der Waals surface area (Å²) in [6.07, 6.45) is 5.41. The van der Waals surface area contributed by atoms with Gasteiger partial charge in [-0.05, 0) is 88.7 Å². The summed E-state index contributed by atoms with van der Waals surface area (Å²) >= 11 is 0. The molecule has 0 amide bonds. The highest BCUT2D eigenvalue weighted by Crippen LogP contribution is 2.32. The summed E-state index contributed by atoms with van der Waals surface area (Å²) in [4.78, 5) is 5.01. The largest absolute Gasteiger partial charge is 0.356 e. The van der Waals surface area contributed by atoms with Gasteiger partial charge in [0.2, 0.25) is 0 Å². The van der Waals surface area contributed by atoms with Crippen molar-refractivity contribution in [2.45, 2.75) is 25.7 Å². The van der Waals surface area contributed by atoms with Crippen LogP contribution in [0.1, 0.15) is 24.8 Å². The van der Waals surface area contributed by atoms with Crippen LogP contribution in [0.15, 0.2) is 152 Å². The maximum Gasteiger partial charge on any atom is 0.145 e. The van der Waals surface area contributed by atoms with E-state index in [4.69, 9.17) is 4.98 Å². The molecule has 7 aromatic rings. The van der Waals surface area contributed by atoms with Crippen molar-refractivity contribution in [1.29, 1.82) is 0 Å². The number of nitrogens with zero attached hydrogens (tertiary/aromatic N) is 2. The molecule has 1 aromatic heterocycles. The Labute approximate surface area is 264 Å². The standard InChI is InChI=1S/C42H35N3/c1-2-9-39(10-3-1)45-41-12-5-4-11-40(41)44-42(45)36-21-19-34(20-22-36)32-15-17-33(18-16-32)35-23-27-38(28-24-35)43-37-25-13-31(14-26-37)29-30-7-6-8-30/h1-5,9-28,30,43H,6-8,29H2. The maximum atomic E-state index is 5.01. The number of imidazole rings is 1. The summed E-state index contributed by atoms with van der Waals surface area (Å²) in [6.45, 7) is 0. The molecule has 0 unspecified atom stereocenters. The Morgan fingerprint density at radius 3 is 1.62 bits per heavy atom. The molecule has 6 aromatic carbocycles. The van der Waals surface area contributed by atoms with E-state index >= 15 is 0 Å². The molecule has 0 bridgehead atoms. The first-order valence-corrected chi connectivity index (χ1v) is 16.0. The zero-order chi connectivity index (χ0) is 30.0. The van der Waals surface area contributed by atoms with E-state index in [-0.39, 0.29) is 0 Å². The molecule has 1 N–H and O–H groups in total. The molecule has 1 fully saturated rings. The van der Waals surface area contributed by atoms with E-state index in [1.54, 1.807) is 0 Å². The van der Waals surface area contributed by atoms with Crippen LogP contribution in [-0.2, 0) is 6.42 Å². The summed E-state index contributed by atoms with van der Waals surface area (Å²) in [5.74, 6) is 1.84. The normalized spacial score (nSPS) is 13.1. The second kappa shape index (κ2) is 11.9. The van der Waals surface area contributed by atoms with Crippen molar-refractivity contribution < 1.29 is 0 Å². The summed E-state index contributed by atoms with van der Waals surface area (Å²) in [7, 11) is 0. The van der Waals surface area contributed by atoms with Gasteiger partial charge in [-0.3, -0.25) is 4.57 Å². The van der Waals surface area contributed by atoms with Gasteiger partial charge in [0.1, 0.15) is 5.82 Å². The highest BCUT2D eigenvalue weighted by molar-refractivity contribution is 5.84. The molecule has 1 aliphatic rings. The van der Waals surface area contributed by atoms with Gasteiger partial charge >= 0.3 is 0 Å². The SMILES string of the molecule is c1ccc(-n2c(-c3ccc(-c4ccc(-c5ccc(Nc6ccc(CC7CCC7)cc6)cc5)cc4)cc3)nc3ccccc32)cc1. The molecule has 1 heterocycles. The third-order valence-corrected chi connectivity index (χ3v) is 9.15. The van der Waals surface area contributed by atoms with Crippen LogP contribution < -0.4 is 5.32 Å². The van der Waals surface area contributed by atoms with Crippen molar-refractivity contribution in [2.75, 3.05) is 5.32 Å². The van der Waals surface area contributed by atoms with E-state index in [0.29, 0.717) is 0 Å². The third-order valence-electron chi connectivity index (χ3n) is 9.15. The van der Waals surface area contributed by atoms with Crippen LogP contribution in [-0.4, -0.2) is 9.55 Å². The average Bonchev–Trinajstić information content (AvgIpc) is 3.48. The summed E-state index contributed by atoms with van der Waals surface area (Å²) in [6, 6.07) is 54.0. The Morgan fingerprint density at radius 1 is 0.533 bits per heavy atom. The van der Waals surface area contributed by atoms with Crippen molar-refractivity contribution in [1.82, 2.24) is 9.55 Å². The molecule has 8 rings (SSSR count). The lowest BCUT2D eigenvalue weighted by molar-refractivity contribution is 0.314. The van der Waals surface area contributed by atoms with Gasteiger partial charge < -0.3 is 5.32 Å². The Balaban J connectivity index is 0.971. The monoisotopic (exact) mass is 581 g/mol. The van der Waals surface area contributed by atoms with E-state index in [1.807, 2.05) is 12.1 Å². The molecule has 3 nitrogen and oxygen atoms in total. The molecular formula is C42H35N3. The van der Waals surface area contributed by atoms with Crippen LogP contribution in [0.4, 0.5) is 11.4 Å². The van der Waals surface area contributed by atoms with Crippen LogP contribution >= 0.6 is 0 Å². The van der Waals surface area contributed by atoms with Crippen molar-refractivity contribution in [3.8, 4) is 39.3 Å². The Hall–Kier alpha value is -5.41. The van der Waals surface area contributed by atoms with Gasteiger partial charge in [0, 0.05) is 22.6 Å². The minimum absolute atomic E-state index is 0.897. The molecule has 1 aliphatic carbocycles. The molecule has 0 aliphatic heterocycles. The first-order chi connectivity index (χ1) is 22.3. The van der Waals surface area contributed by atoms with Crippen LogP contribution in [0.2, 0.25) is 0 Å². The molecule has 0 saturated heterocycles.